The molecule has 19 nitrogen and oxygen atoms in total. The molecule has 1 amide bonds. The number of H-pyrrole nitrogens is 1. The van der Waals surface area contributed by atoms with Crippen LogP contribution >= 0.6 is 0 Å². The van der Waals surface area contributed by atoms with Gasteiger partial charge in [0, 0.05) is 24.2 Å². The summed E-state index contributed by atoms with van der Waals surface area (Å²) in [6.45, 7) is 0.292. The van der Waals surface area contributed by atoms with Gasteiger partial charge in [0.15, 0.2) is 28.4 Å². The Bertz CT molecular complexity index is 2310. The number of carboxylic acid groups (broad SMARTS) is 2. The number of aromatic amines is 1. The van der Waals surface area contributed by atoms with Gasteiger partial charge in [-0.05, 0) is 19.4 Å². The van der Waals surface area contributed by atoms with Gasteiger partial charge in [-0.25, -0.2) is 14.3 Å². The SMILES string of the molecule is Cc1[nH]c2cc(O)c(O)cc2c(=O)c1-c1coc2cc(O)c(O)c(C(=O)OCc3cn(CC(=O)N[C@@H](CCC(=O)O)C(=O)O)nn3)c2c1=O. The molecule has 5 aromatic rings. The van der Waals surface area contributed by atoms with Crippen molar-refractivity contribution in [2.24, 2.45) is 0 Å². The number of aromatic hydroxyl groups is 4. The van der Waals surface area contributed by atoms with E-state index in [-0.39, 0.29) is 45.4 Å². The van der Waals surface area contributed by atoms with E-state index in [1.165, 1.54) is 13.1 Å². The Morgan fingerprint density at radius 2 is 1.73 bits per heavy atom. The van der Waals surface area contributed by atoms with Crippen LogP contribution in [0.1, 0.15) is 34.6 Å². The van der Waals surface area contributed by atoms with E-state index in [9.17, 15) is 54.3 Å². The second kappa shape index (κ2) is 13.1. The van der Waals surface area contributed by atoms with Crippen molar-refractivity contribution in [2.75, 3.05) is 0 Å². The van der Waals surface area contributed by atoms with Gasteiger partial charge < -0.3 is 50.1 Å². The van der Waals surface area contributed by atoms with Crippen molar-refractivity contribution in [3.63, 3.8) is 0 Å². The predicted octanol–water partition coefficient (Wildman–Crippen LogP) is 0.815. The van der Waals surface area contributed by atoms with Crippen LogP contribution in [0.4, 0.5) is 0 Å². The van der Waals surface area contributed by atoms with Gasteiger partial charge >= 0.3 is 17.9 Å². The topological polar surface area (TPSA) is 305 Å². The molecule has 2 aromatic carbocycles. The van der Waals surface area contributed by atoms with Crippen molar-refractivity contribution < 1.29 is 59.0 Å². The fourth-order valence-electron chi connectivity index (χ4n) is 5.00. The number of ether oxygens (including phenoxy) is 1. The molecule has 5 rings (SSSR count). The van der Waals surface area contributed by atoms with Crippen LogP contribution in [0.2, 0.25) is 0 Å². The van der Waals surface area contributed by atoms with Crippen LogP contribution in [0.5, 0.6) is 23.0 Å². The Hall–Kier alpha value is -6.92. The van der Waals surface area contributed by atoms with Crippen molar-refractivity contribution in [3.8, 4) is 34.1 Å². The summed E-state index contributed by atoms with van der Waals surface area (Å²) < 4.78 is 11.7. The summed E-state index contributed by atoms with van der Waals surface area (Å²) >= 11 is 0. The Kier molecular flexibility index (Phi) is 8.91. The molecule has 8 N–H and O–H groups in total. The number of benzene rings is 2. The van der Waals surface area contributed by atoms with Crippen molar-refractivity contribution in [3.05, 3.63) is 68.1 Å². The number of carboxylic acids is 2. The first-order valence-electron chi connectivity index (χ1n) is 14.1. The number of carbonyl (C=O) groups is 4. The summed E-state index contributed by atoms with van der Waals surface area (Å²) in [5, 5.41) is 67.6. The highest BCUT2D eigenvalue weighted by Gasteiger charge is 2.27. The number of nitrogens with zero attached hydrogens (tertiary/aromatic N) is 3. The zero-order valence-corrected chi connectivity index (χ0v) is 25.1. The van der Waals surface area contributed by atoms with Crippen molar-refractivity contribution >= 4 is 45.7 Å². The minimum absolute atomic E-state index is 0.0360. The van der Waals surface area contributed by atoms with Crippen LogP contribution in [0.15, 0.2) is 44.7 Å². The van der Waals surface area contributed by atoms with E-state index in [4.69, 9.17) is 14.3 Å². The van der Waals surface area contributed by atoms with E-state index in [0.717, 1.165) is 29.1 Å². The third-order valence-corrected chi connectivity index (χ3v) is 7.30. The van der Waals surface area contributed by atoms with Crippen LogP contribution < -0.4 is 16.2 Å². The molecule has 0 unspecified atom stereocenters. The van der Waals surface area contributed by atoms with Crippen LogP contribution in [0, 0.1) is 6.92 Å². The van der Waals surface area contributed by atoms with Crippen molar-refractivity contribution in [2.45, 2.75) is 39.0 Å². The van der Waals surface area contributed by atoms with Crippen molar-refractivity contribution in [1.82, 2.24) is 25.3 Å². The Morgan fingerprint density at radius 3 is 2.43 bits per heavy atom. The summed E-state index contributed by atoms with van der Waals surface area (Å²) in [5.74, 6) is -7.82. The van der Waals surface area contributed by atoms with E-state index < -0.39 is 94.2 Å². The summed E-state index contributed by atoms with van der Waals surface area (Å²) in [5.41, 5.74) is -3.18. The lowest BCUT2D eigenvalue weighted by molar-refractivity contribution is -0.143. The molecule has 0 saturated heterocycles. The summed E-state index contributed by atoms with van der Waals surface area (Å²) in [4.78, 5) is 77.7. The number of aliphatic carboxylic acids is 2. The van der Waals surface area contributed by atoms with Gasteiger partial charge in [0.1, 0.15) is 42.3 Å². The van der Waals surface area contributed by atoms with E-state index in [0.29, 0.717) is 0 Å². The fraction of sp³-hybridized carbons (Fsp3) is 0.200. The number of hydrogen-bond acceptors (Lipinski definition) is 14. The zero-order chi connectivity index (χ0) is 35.7. The van der Waals surface area contributed by atoms with Gasteiger partial charge in [0.2, 0.25) is 11.3 Å². The second-order valence-electron chi connectivity index (χ2n) is 10.7. The molecule has 0 bridgehead atoms. The number of nitrogens with one attached hydrogen (secondary N) is 2. The highest BCUT2D eigenvalue weighted by molar-refractivity contribution is 6.07. The maximum Gasteiger partial charge on any atom is 0.343 e. The fourth-order valence-corrected chi connectivity index (χ4v) is 5.00. The number of aromatic nitrogens is 4. The third kappa shape index (κ3) is 6.66. The van der Waals surface area contributed by atoms with E-state index >= 15 is 0 Å². The molecule has 0 aliphatic rings. The summed E-state index contributed by atoms with van der Waals surface area (Å²) in [6, 6.07) is 1.52. The van der Waals surface area contributed by atoms with E-state index in [1.54, 1.807) is 0 Å². The normalized spacial score (nSPS) is 11.8. The number of esters is 1. The quantitative estimate of drug-likeness (QED) is 0.0707. The molecule has 0 saturated carbocycles. The minimum Gasteiger partial charge on any atom is -0.504 e. The number of aryl methyl sites for hydroxylation is 1. The second-order valence-corrected chi connectivity index (χ2v) is 10.7. The maximum atomic E-state index is 13.8. The smallest absolute Gasteiger partial charge is 0.343 e. The molecule has 3 aromatic heterocycles. The summed E-state index contributed by atoms with van der Waals surface area (Å²) in [7, 11) is 0. The molecular weight excluding hydrogens is 654 g/mol. The monoisotopic (exact) mass is 679 g/mol. The van der Waals surface area contributed by atoms with Gasteiger partial charge in [-0.1, -0.05) is 5.21 Å². The maximum absolute atomic E-state index is 13.8. The average Bonchev–Trinajstić information content (AvgIpc) is 3.47. The lowest BCUT2D eigenvalue weighted by atomic mass is 9.99. The third-order valence-electron chi connectivity index (χ3n) is 7.30. The average molecular weight is 680 g/mol. The molecule has 0 aliphatic carbocycles. The molecule has 0 spiro atoms. The number of hydrogen-bond donors (Lipinski definition) is 8. The molecule has 3 heterocycles. The molecule has 0 fully saturated rings. The highest BCUT2D eigenvalue weighted by Crippen LogP contribution is 2.36. The Labute approximate surface area is 271 Å². The number of phenolic OH excluding ortho intramolecular Hbond substituents is 4. The van der Waals surface area contributed by atoms with Gasteiger partial charge in [-0.15, -0.1) is 5.10 Å². The molecule has 0 radical (unpaired) electrons. The number of carbonyl (C=O) groups excluding carboxylic acids is 2. The zero-order valence-electron chi connectivity index (χ0n) is 25.1. The standard InChI is InChI=1S/C30H25N5O14/c1-11-23(26(42)13-4-17(36)18(37)5-16(13)31-11)14-10-48-20-6-19(38)28(44)25(24(20)27(14)43)30(47)49-9-12-7-35(34-33-12)8-21(39)32-15(29(45)46)2-3-22(40)41/h4-7,10,15,36-38,44H,2-3,8-9H2,1H3,(H,31,42)(H,32,39)(H,40,41)(H,45,46)/t15-/m0/s1. The van der Waals surface area contributed by atoms with Crippen LogP contribution in [-0.4, -0.2) is 80.5 Å². The molecule has 49 heavy (non-hydrogen) atoms. The van der Waals surface area contributed by atoms with Crippen LogP contribution in [-0.2, 0) is 32.3 Å². The highest BCUT2D eigenvalue weighted by atomic mass is 16.5. The number of amides is 1. The number of pyridine rings is 1. The van der Waals surface area contributed by atoms with E-state index in [1.807, 2.05) is 0 Å². The van der Waals surface area contributed by atoms with E-state index in [2.05, 4.69) is 20.6 Å². The lowest BCUT2D eigenvalue weighted by Crippen LogP contribution is -2.42. The van der Waals surface area contributed by atoms with Crippen molar-refractivity contribution in [1.29, 1.82) is 0 Å². The molecule has 1 atom stereocenters. The number of phenols is 4. The van der Waals surface area contributed by atoms with Gasteiger partial charge in [0.25, 0.3) is 0 Å². The molecule has 19 heteroatoms. The van der Waals surface area contributed by atoms with Gasteiger partial charge in [-0.3, -0.25) is 19.2 Å². The van der Waals surface area contributed by atoms with Crippen LogP contribution in [0.25, 0.3) is 33.0 Å². The largest absolute Gasteiger partial charge is 0.504 e. The lowest BCUT2D eigenvalue weighted by Gasteiger charge is -2.13. The Balaban J connectivity index is 1.41. The van der Waals surface area contributed by atoms with Gasteiger partial charge in [0.05, 0.1) is 33.6 Å². The first kappa shape index (κ1) is 33.4. The Morgan fingerprint density at radius 1 is 1.02 bits per heavy atom. The molecular formula is C30H25N5O14. The predicted molar refractivity (Wildman–Crippen MR) is 163 cm³/mol. The minimum atomic E-state index is -1.47. The first-order valence-corrected chi connectivity index (χ1v) is 14.1. The van der Waals surface area contributed by atoms with Crippen LogP contribution in [0.3, 0.4) is 0 Å². The summed E-state index contributed by atoms with van der Waals surface area (Å²) in [6.07, 6.45) is 1.22. The number of fused-ring (bicyclic) bond motifs is 2. The van der Waals surface area contributed by atoms with Gasteiger partial charge in [-0.2, -0.15) is 0 Å². The first-order chi connectivity index (χ1) is 23.2. The molecule has 254 valence electrons. The molecule has 0 aliphatic heterocycles. The number of rotatable bonds is 11.